The summed E-state index contributed by atoms with van der Waals surface area (Å²) >= 11 is 7.88. The first-order chi connectivity index (χ1) is 27.7. The monoisotopic (exact) mass is 818 g/mol. The van der Waals surface area contributed by atoms with Gasteiger partial charge >= 0.3 is 0 Å². The topological polar surface area (TPSA) is 148 Å². The molecule has 3 fully saturated rings. The van der Waals surface area contributed by atoms with E-state index < -0.39 is 52.7 Å². The Hall–Kier alpha value is -5.79. The van der Waals surface area contributed by atoms with Gasteiger partial charge in [-0.25, -0.2) is 4.90 Å². The number of carbonyl (C=O) groups excluding carboxylic acids is 5. The van der Waals surface area contributed by atoms with Crippen LogP contribution in [0.3, 0.4) is 0 Å². The van der Waals surface area contributed by atoms with Crippen LogP contribution in [0.15, 0.2) is 72.3 Å². The number of thiophene rings is 1. The second-order valence-electron chi connectivity index (χ2n) is 15.8. The smallest absolute Gasteiger partial charge is 0.242 e. The van der Waals surface area contributed by atoms with Gasteiger partial charge in [0.1, 0.15) is 11.5 Å². The summed E-state index contributed by atoms with van der Waals surface area (Å²) < 4.78 is 13.7. The number of hydrogen-bond donors (Lipinski definition) is 1. The Morgan fingerprint density at radius 2 is 1.62 bits per heavy atom. The number of benzene rings is 3. The van der Waals surface area contributed by atoms with Crippen LogP contribution in [0.4, 0.5) is 11.5 Å². The molecule has 0 bridgehead atoms. The van der Waals surface area contributed by atoms with Crippen molar-refractivity contribution in [1.82, 2.24) is 9.78 Å². The Labute approximate surface area is 342 Å². The summed E-state index contributed by atoms with van der Waals surface area (Å²) in [6.45, 7) is 5.23. The summed E-state index contributed by atoms with van der Waals surface area (Å²) in [5.74, 6) is -5.21. The molecule has 2 saturated heterocycles. The average molecular weight is 819 g/mol. The number of ketones is 1. The number of amides is 4. The van der Waals surface area contributed by atoms with E-state index in [-0.39, 0.29) is 41.8 Å². The minimum absolute atomic E-state index is 0.114. The molecule has 12 nitrogen and oxygen atoms in total. The molecule has 2 aliphatic heterocycles. The van der Waals surface area contributed by atoms with E-state index in [2.05, 4.69) is 0 Å². The largest absolute Gasteiger partial charge is 0.502 e. The molecule has 4 heterocycles. The molecule has 1 N–H and O–H groups in total. The third kappa shape index (κ3) is 5.25. The van der Waals surface area contributed by atoms with Crippen LogP contribution in [-0.4, -0.2) is 58.5 Å². The van der Waals surface area contributed by atoms with E-state index in [0.717, 1.165) is 26.1 Å². The second-order valence-corrected chi connectivity index (χ2v) is 17.2. The number of ether oxygens (including phenoxy) is 2. The predicted octanol–water partition coefficient (Wildman–Crippen LogP) is 7.62. The number of methoxy groups -OCH3 is 2. The Kier molecular flexibility index (Phi) is 8.72. The molecular weight excluding hydrogens is 780 g/mol. The zero-order valence-electron chi connectivity index (χ0n) is 32.5. The summed E-state index contributed by atoms with van der Waals surface area (Å²) in [4.78, 5) is 74.2. The van der Waals surface area contributed by atoms with Crippen LogP contribution >= 0.6 is 22.9 Å². The van der Waals surface area contributed by atoms with Gasteiger partial charge in [0, 0.05) is 34.3 Å². The summed E-state index contributed by atoms with van der Waals surface area (Å²) in [6, 6.07) is 17.1. The van der Waals surface area contributed by atoms with Crippen molar-refractivity contribution < 1.29 is 38.6 Å². The third-order valence-electron chi connectivity index (χ3n) is 12.9. The third-order valence-corrected chi connectivity index (χ3v) is 14.4. The Morgan fingerprint density at radius 1 is 0.931 bits per heavy atom. The number of nitrogens with zero attached hydrogens (tertiary/aromatic N) is 4. The number of halogens is 1. The molecule has 0 radical (unpaired) electrons. The van der Waals surface area contributed by atoms with Gasteiger partial charge in [-0.1, -0.05) is 23.3 Å². The van der Waals surface area contributed by atoms with Gasteiger partial charge in [0.05, 0.1) is 48.0 Å². The highest BCUT2D eigenvalue weighted by molar-refractivity contribution is 7.22. The van der Waals surface area contributed by atoms with E-state index in [1.807, 2.05) is 31.2 Å². The lowest BCUT2D eigenvalue weighted by molar-refractivity contribution is -0.131. The molecule has 0 unspecified atom stereocenters. The molecule has 2 aliphatic carbocycles. The van der Waals surface area contributed by atoms with E-state index in [1.165, 1.54) is 30.9 Å². The van der Waals surface area contributed by atoms with Gasteiger partial charge < -0.3 is 14.6 Å². The van der Waals surface area contributed by atoms with Crippen molar-refractivity contribution in [3.05, 3.63) is 94.0 Å². The number of aryl methyl sites for hydroxylation is 2. The highest BCUT2D eigenvalue weighted by atomic mass is 35.5. The van der Waals surface area contributed by atoms with E-state index in [1.54, 1.807) is 72.5 Å². The van der Waals surface area contributed by atoms with Gasteiger partial charge in [-0.05, 0) is 111 Å². The van der Waals surface area contributed by atoms with Crippen LogP contribution < -0.4 is 19.3 Å². The van der Waals surface area contributed by atoms with Gasteiger partial charge in [-0.15, -0.1) is 11.3 Å². The number of fused-ring (bicyclic) bond motifs is 5. The molecule has 9 rings (SSSR count). The molecule has 58 heavy (non-hydrogen) atoms. The summed E-state index contributed by atoms with van der Waals surface area (Å²) in [6.07, 6.45) is 2.34. The fraction of sp³-hybridized carbons (Fsp3) is 0.318. The predicted molar refractivity (Wildman–Crippen MR) is 219 cm³/mol. The second kappa shape index (κ2) is 13.4. The molecule has 14 heteroatoms. The number of aromatic nitrogens is 2. The maximum atomic E-state index is 15.3. The van der Waals surface area contributed by atoms with Crippen molar-refractivity contribution in [3.63, 3.8) is 0 Å². The lowest BCUT2D eigenvalue weighted by Crippen LogP contribution is -2.49. The normalized spacial score (nSPS) is 25.2. The number of imide groups is 2. The first-order valence-electron chi connectivity index (χ1n) is 18.9. The van der Waals surface area contributed by atoms with Crippen molar-refractivity contribution in [2.24, 2.45) is 36.1 Å². The molecule has 2 aromatic heterocycles. The molecule has 6 atom stereocenters. The number of rotatable bonds is 7. The fourth-order valence-corrected chi connectivity index (χ4v) is 11.3. The van der Waals surface area contributed by atoms with Crippen molar-refractivity contribution in [1.29, 1.82) is 0 Å². The van der Waals surface area contributed by atoms with Crippen molar-refractivity contribution in [2.45, 2.75) is 39.5 Å². The molecular formula is C44H39ClN4O8S. The van der Waals surface area contributed by atoms with Gasteiger partial charge in [0.15, 0.2) is 17.3 Å². The number of carbonyl (C=O) groups is 5. The first kappa shape index (κ1) is 37.8. The summed E-state index contributed by atoms with van der Waals surface area (Å²) in [7, 11) is 4.52. The standard InChI is InChI=1S/C44H39ClN4O8S/c1-20-28-17-24(45)9-14-34(28)58-39(20)31-19-35(47(4)46-31)49-41(53)30-18-29-26(37(44(30,3)43(49)55)23-15-32(56-5)38(51)33(16-23)57-6)12-13-27-36(29)42(54)48(40(27)52)25-10-7-22(8-11-25)21(2)50/h7-12,14-17,19,27,29-30,36-37,51H,13,18H2,1-6H3/t27-,29+,30-,36-,37-,44+/m0/s1. The Balaban J connectivity index is 1.17. The minimum atomic E-state index is -1.37. The average Bonchev–Trinajstić information content (AvgIpc) is 3.88. The van der Waals surface area contributed by atoms with Crippen molar-refractivity contribution in [3.8, 4) is 27.8 Å². The summed E-state index contributed by atoms with van der Waals surface area (Å²) in [5.41, 5.74) is 2.34. The zero-order valence-corrected chi connectivity index (χ0v) is 34.1. The van der Waals surface area contributed by atoms with Crippen LogP contribution in [-0.2, 0) is 26.2 Å². The van der Waals surface area contributed by atoms with E-state index in [0.29, 0.717) is 33.3 Å². The van der Waals surface area contributed by atoms with Crippen LogP contribution in [0.25, 0.3) is 20.7 Å². The fourth-order valence-electron chi connectivity index (χ4n) is 10.0. The first-order valence-corrected chi connectivity index (χ1v) is 20.1. The van der Waals surface area contributed by atoms with E-state index in [4.69, 9.17) is 26.2 Å². The number of phenolic OH excluding ortho intramolecular Hbond substituents is 1. The summed E-state index contributed by atoms with van der Waals surface area (Å²) in [5, 5.41) is 17.4. The quantitative estimate of drug-likeness (QED) is 0.0995. The van der Waals surface area contributed by atoms with Gasteiger partial charge in [-0.2, -0.15) is 5.10 Å². The Bertz CT molecular complexity index is 2660. The van der Waals surface area contributed by atoms with Gasteiger partial charge in [0.25, 0.3) is 0 Å². The van der Waals surface area contributed by atoms with Crippen LogP contribution in [0.5, 0.6) is 17.2 Å². The van der Waals surface area contributed by atoms with E-state index in [9.17, 15) is 19.5 Å². The SMILES string of the molecule is COc1cc([C@H]2C3=CC[C@@H]4C(=O)N(c5ccc(C(C)=O)cc5)C(=O)[C@@H]4[C@@H]3C[C@H]3C(=O)N(c4cc(-c5sc6ccc(Cl)cc6c5C)nn4C)C(=O)[C@@]23C)cc(OC)c1O. The van der Waals surface area contributed by atoms with Crippen LogP contribution in [0, 0.1) is 36.0 Å². The Morgan fingerprint density at radius 3 is 2.28 bits per heavy atom. The van der Waals surface area contributed by atoms with Gasteiger partial charge in [0.2, 0.25) is 29.4 Å². The number of aromatic hydroxyl groups is 1. The maximum absolute atomic E-state index is 15.3. The molecule has 4 aliphatic rings. The number of hydrogen-bond acceptors (Lipinski definition) is 10. The zero-order chi connectivity index (χ0) is 41.1. The molecule has 296 valence electrons. The highest BCUT2D eigenvalue weighted by Crippen LogP contribution is 2.64. The molecule has 0 spiro atoms. The van der Waals surface area contributed by atoms with Crippen LogP contribution in [0.1, 0.15) is 54.1 Å². The van der Waals surface area contributed by atoms with E-state index >= 15 is 9.59 Å². The molecule has 3 aromatic carbocycles. The lowest BCUT2D eigenvalue weighted by Gasteiger charge is -2.49. The minimum Gasteiger partial charge on any atom is -0.502 e. The molecule has 1 saturated carbocycles. The number of anilines is 2. The van der Waals surface area contributed by atoms with Crippen molar-refractivity contribution >= 4 is 73.9 Å². The van der Waals surface area contributed by atoms with Crippen molar-refractivity contribution in [2.75, 3.05) is 24.0 Å². The number of phenols is 1. The number of allylic oxidation sites excluding steroid dienone is 2. The maximum Gasteiger partial charge on any atom is 0.242 e. The van der Waals surface area contributed by atoms with Crippen LogP contribution in [0.2, 0.25) is 5.02 Å². The lowest BCUT2D eigenvalue weighted by atomic mass is 9.51. The van der Waals surface area contributed by atoms with Gasteiger partial charge in [-0.3, -0.25) is 33.6 Å². The molecule has 4 amide bonds. The number of Topliss-reactive ketones (excluding diaryl/α,β-unsaturated/α-hetero) is 1. The molecule has 5 aromatic rings. The highest BCUT2D eigenvalue weighted by Gasteiger charge is 2.68.